The Balaban J connectivity index is 2.32. The Bertz CT molecular complexity index is 869. The molecular weight excluding hydrogens is 298 g/mol. The summed E-state index contributed by atoms with van der Waals surface area (Å²) >= 11 is 5.95. The van der Waals surface area contributed by atoms with Crippen molar-refractivity contribution in [1.29, 1.82) is 0 Å². The third-order valence-corrected chi connectivity index (χ3v) is 3.64. The molecule has 0 spiro atoms. The minimum Gasteiger partial charge on any atom is -0.302 e. The van der Waals surface area contributed by atoms with Crippen LogP contribution in [0.2, 0.25) is 5.02 Å². The smallest absolute Gasteiger partial charge is 0.266 e. The van der Waals surface area contributed by atoms with Crippen molar-refractivity contribution in [2.24, 2.45) is 0 Å². The highest BCUT2D eigenvalue weighted by atomic mass is 35.5. The minimum atomic E-state index is -0.0650. The van der Waals surface area contributed by atoms with E-state index in [1.54, 1.807) is 22.8 Å². The molecule has 0 N–H and O–H groups in total. The van der Waals surface area contributed by atoms with Gasteiger partial charge in [0.15, 0.2) is 0 Å². The van der Waals surface area contributed by atoms with Crippen molar-refractivity contribution in [1.82, 2.24) is 14.5 Å². The summed E-state index contributed by atoms with van der Waals surface area (Å²) in [5.41, 5.74) is 1.42. The Morgan fingerprint density at radius 2 is 1.77 bits per heavy atom. The van der Waals surface area contributed by atoms with Crippen molar-refractivity contribution >= 4 is 22.5 Å². The normalized spacial score (nSPS) is 11.3. The maximum absolute atomic E-state index is 12.9. The van der Waals surface area contributed by atoms with E-state index in [-0.39, 0.29) is 5.56 Å². The molecule has 0 atom stereocenters. The Morgan fingerprint density at radius 1 is 1.09 bits per heavy atom. The summed E-state index contributed by atoms with van der Waals surface area (Å²) in [4.78, 5) is 19.5. The summed E-state index contributed by atoms with van der Waals surface area (Å²) in [6, 6.07) is 14.6. The van der Waals surface area contributed by atoms with Crippen LogP contribution in [-0.2, 0) is 6.54 Å². The summed E-state index contributed by atoms with van der Waals surface area (Å²) in [5.74, 6) is 0.705. The molecule has 0 aliphatic rings. The number of aromatic nitrogens is 2. The van der Waals surface area contributed by atoms with Gasteiger partial charge in [0, 0.05) is 5.02 Å². The second kappa shape index (κ2) is 5.91. The lowest BCUT2D eigenvalue weighted by Crippen LogP contribution is -2.27. The van der Waals surface area contributed by atoms with Crippen LogP contribution >= 0.6 is 11.6 Å². The molecule has 3 rings (SSSR count). The number of hydrogen-bond donors (Lipinski definition) is 0. The van der Waals surface area contributed by atoms with Gasteiger partial charge >= 0.3 is 0 Å². The van der Waals surface area contributed by atoms with Crippen molar-refractivity contribution in [3.8, 4) is 5.69 Å². The summed E-state index contributed by atoms with van der Waals surface area (Å²) in [6.07, 6.45) is 0. The summed E-state index contributed by atoms with van der Waals surface area (Å²) in [5, 5.41) is 1.25. The molecule has 5 heteroatoms. The quantitative estimate of drug-likeness (QED) is 0.746. The second-order valence-corrected chi connectivity index (χ2v) is 5.84. The number of halogens is 1. The maximum atomic E-state index is 12.9. The first-order valence-electron chi connectivity index (χ1n) is 6.97. The van der Waals surface area contributed by atoms with Crippen LogP contribution in [0.4, 0.5) is 0 Å². The standard InChI is InChI=1S/C17H16ClN3O/c1-20(2)11-16-19-15-6-4-3-5-14(15)17(22)21(16)13-9-7-12(18)8-10-13/h3-10H,11H2,1-2H3. The molecule has 1 heterocycles. The number of fused-ring (bicyclic) bond motifs is 1. The Labute approximate surface area is 133 Å². The molecule has 0 saturated heterocycles. The van der Waals surface area contributed by atoms with E-state index in [4.69, 9.17) is 11.6 Å². The summed E-state index contributed by atoms with van der Waals surface area (Å²) in [6.45, 7) is 0.572. The van der Waals surface area contributed by atoms with Crippen LogP contribution in [0, 0.1) is 0 Å². The van der Waals surface area contributed by atoms with Crippen molar-refractivity contribution < 1.29 is 0 Å². The number of hydrogen-bond acceptors (Lipinski definition) is 3. The molecular formula is C17H16ClN3O. The first-order chi connectivity index (χ1) is 10.6. The molecule has 3 aromatic rings. The highest BCUT2D eigenvalue weighted by molar-refractivity contribution is 6.30. The van der Waals surface area contributed by atoms with Crippen molar-refractivity contribution in [2.45, 2.75) is 6.54 Å². The first-order valence-corrected chi connectivity index (χ1v) is 7.35. The second-order valence-electron chi connectivity index (χ2n) is 5.40. The minimum absolute atomic E-state index is 0.0650. The Kier molecular flexibility index (Phi) is 3.96. The summed E-state index contributed by atoms with van der Waals surface area (Å²) < 4.78 is 1.65. The molecule has 0 aliphatic heterocycles. The van der Waals surface area contributed by atoms with Crippen LogP contribution < -0.4 is 5.56 Å². The van der Waals surface area contributed by atoms with Gasteiger partial charge in [0.25, 0.3) is 5.56 Å². The lowest BCUT2D eigenvalue weighted by Gasteiger charge is -2.16. The zero-order valence-electron chi connectivity index (χ0n) is 12.5. The van der Waals surface area contributed by atoms with Crippen molar-refractivity contribution in [2.75, 3.05) is 14.1 Å². The predicted octanol–water partition coefficient (Wildman–Crippen LogP) is 3.10. The molecule has 0 amide bonds. The van der Waals surface area contributed by atoms with Crippen molar-refractivity contribution in [3.05, 3.63) is 69.7 Å². The van der Waals surface area contributed by atoms with Gasteiger partial charge in [0.1, 0.15) is 5.82 Å². The lowest BCUT2D eigenvalue weighted by atomic mass is 10.2. The lowest BCUT2D eigenvalue weighted by molar-refractivity contribution is 0.385. The van der Waals surface area contributed by atoms with E-state index in [0.717, 1.165) is 11.2 Å². The van der Waals surface area contributed by atoms with E-state index in [1.807, 2.05) is 49.3 Å². The van der Waals surface area contributed by atoms with Crippen LogP contribution in [0.1, 0.15) is 5.82 Å². The largest absolute Gasteiger partial charge is 0.302 e. The van der Waals surface area contributed by atoms with Gasteiger partial charge in [-0.05, 0) is 50.5 Å². The van der Waals surface area contributed by atoms with Gasteiger partial charge in [0.05, 0.1) is 23.1 Å². The average molecular weight is 314 g/mol. The zero-order chi connectivity index (χ0) is 15.7. The molecule has 0 unspecified atom stereocenters. The fourth-order valence-electron chi connectivity index (χ4n) is 2.42. The highest BCUT2D eigenvalue weighted by Gasteiger charge is 2.13. The molecule has 2 aromatic carbocycles. The first kappa shape index (κ1) is 14.8. The fourth-order valence-corrected chi connectivity index (χ4v) is 2.55. The molecule has 0 aliphatic carbocycles. The van der Waals surface area contributed by atoms with Crippen LogP contribution in [0.25, 0.3) is 16.6 Å². The molecule has 0 fully saturated rings. The van der Waals surface area contributed by atoms with Crippen LogP contribution in [-0.4, -0.2) is 28.5 Å². The van der Waals surface area contributed by atoms with Gasteiger partial charge in [-0.3, -0.25) is 9.36 Å². The molecule has 4 nitrogen and oxygen atoms in total. The van der Waals surface area contributed by atoms with E-state index < -0.39 is 0 Å². The number of rotatable bonds is 3. The van der Waals surface area contributed by atoms with Gasteiger partial charge in [-0.1, -0.05) is 23.7 Å². The topological polar surface area (TPSA) is 38.1 Å². The van der Waals surface area contributed by atoms with Crippen LogP contribution in [0.5, 0.6) is 0 Å². The van der Waals surface area contributed by atoms with Gasteiger partial charge in [0.2, 0.25) is 0 Å². The molecule has 1 aromatic heterocycles. The van der Waals surface area contributed by atoms with Gasteiger partial charge < -0.3 is 4.90 Å². The Morgan fingerprint density at radius 3 is 2.45 bits per heavy atom. The average Bonchev–Trinajstić information content (AvgIpc) is 2.48. The third kappa shape index (κ3) is 2.75. The molecule has 0 saturated carbocycles. The van der Waals surface area contributed by atoms with E-state index in [2.05, 4.69) is 4.98 Å². The van der Waals surface area contributed by atoms with Crippen molar-refractivity contribution in [3.63, 3.8) is 0 Å². The third-order valence-electron chi connectivity index (χ3n) is 3.39. The van der Waals surface area contributed by atoms with E-state index >= 15 is 0 Å². The fraction of sp³-hybridized carbons (Fsp3) is 0.176. The summed E-state index contributed by atoms with van der Waals surface area (Å²) in [7, 11) is 3.90. The zero-order valence-corrected chi connectivity index (χ0v) is 13.2. The molecule has 22 heavy (non-hydrogen) atoms. The number of nitrogens with zero attached hydrogens (tertiary/aromatic N) is 3. The van der Waals surface area contributed by atoms with Gasteiger partial charge in [-0.25, -0.2) is 4.98 Å². The number of benzene rings is 2. The van der Waals surface area contributed by atoms with Crippen LogP contribution in [0.15, 0.2) is 53.3 Å². The highest BCUT2D eigenvalue weighted by Crippen LogP contribution is 2.16. The van der Waals surface area contributed by atoms with Gasteiger partial charge in [-0.2, -0.15) is 0 Å². The van der Waals surface area contributed by atoms with Crippen LogP contribution in [0.3, 0.4) is 0 Å². The molecule has 0 bridgehead atoms. The predicted molar refractivity (Wildman–Crippen MR) is 89.7 cm³/mol. The van der Waals surface area contributed by atoms with E-state index in [9.17, 15) is 4.79 Å². The number of para-hydroxylation sites is 1. The van der Waals surface area contributed by atoms with Gasteiger partial charge in [-0.15, -0.1) is 0 Å². The molecule has 112 valence electrons. The van der Waals surface area contributed by atoms with E-state index in [0.29, 0.717) is 22.8 Å². The van der Waals surface area contributed by atoms with E-state index in [1.165, 1.54) is 0 Å². The Hall–Kier alpha value is -2.17. The maximum Gasteiger partial charge on any atom is 0.266 e. The SMILES string of the molecule is CN(C)Cc1nc2ccccc2c(=O)n1-c1ccc(Cl)cc1. The monoisotopic (exact) mass is 313 g/mol. The molecule has 0 radical (unpaired) electrons.